The molecule has 0 saturated carbocycles. The van der Waals surface area contributed by atoms with Gasteiger partial charge in [0.05, 0.1) is 5.69 Å². The Kier molecular flexibility index (Phi) is 4.18. The number of rotatable bonds is 3. The van der Waals surface area contributed by atoms with Crippen LogP contribution in [-0.4, -0.2) is 47.8 Å². The lowest BCUT2D eigenvalue weighted by atomic mass is 9.92. The highest BCUT2D eigenvalue weighted by Crippen LogP contribution is 2.27. The molecule has 0 bridgehead atoms. The number of hydrogen-bond acceptors (Lipinski definition) is 3. The van der Waals surface area contributed by atoms with Gasteiger partial charge in [-0.2, -0.15) is 5.10 Å². The number of hydrogen-bond donors (Lipinski definition) is 2. The van der Waals surface area contributed by atoms with Crippen molar-refractivity contribution in [1.29, 1.82) is 0 Å². The van der Waals surface area contributed by atoms with Gasteiger partial charge in [0.25, 0.3) is 0 Å². The number of nitrogens with one attached hydrogen (secondary N) is 2. The predicted molar refractivity (Wildman–Crippen MR) is 77.3 cm³/mol. The molecular formula is C15H26N4. The van der Waals surface area contributed by atoms with Crippen molar-refractivity contribution in [2.45, 2.75) is 38.5 Å². The molecule has 0 aromatic carbocycles. The molecule has 1 aromatic rings. The standard InChI is InChI=1S/C15H26N4/c1-12-8-15(18-17-12)14-5-3-7-19(11-14)10-13-4-2-6-16-9-13/h8,13-14,16H,2-7,9-11H2,1H3,(H,17,18). The molecule has 0 spiro atoms. The van der Waals surface area contributed by atoms with E-state index in [4.69, 9.17) is 0 Å². The highest BCUT2D eigenvalue weighted by atomic mass is 15.2. The van der Waals surface area contributed by atoms with Gasteiger partial charge >= 0.3 is 0 Å². The average molecular weight is 262 g/mol. The summed E-state index contributed by atoms with van der Waals surface area (Å²) in [6.07, 6.45) is 5.36. The Labute approximate surface area is 116 Å². The summed E-state index contributed by atoms with van der Waals surface area (Å²) in [6.45, 7) is 8.25. The Balaban J connectivity index is 1.55. The highest BCUT2D eigenvalue weighted by molar-refractivity contribution is 5.13. The van der Waals surface area contributed by atoms with Crippen LogP contribution < -0.4 is 5.32 Å². The topological polar surface area (TPSA) is 44.0 Å². The van der Waals surface area contributed by atoms with Crippen molar-refractivity contribution in [3.05, 3.63) is 17.5 Å². The lowest BCUT2D eigenvalue weighted by molar-refractivity contribution is 0.164. The third kappa shape index (κ3) is 3.37. The molecule has 2 N–H and O–H groups in total. The van der Waals surface area contributed by atoms with Crippen molar-refractivity contribution in [2.24, 2.45) is 5.92 Å². The molecule has 106 valence electrons. The number of nitrogens with zero attached hydrogens (tertiary/aromatic N) is 2. The van der Waals surface area contributed by atoms with Crippen molar-refractivity contribution in [2.75, 3.05) is 32.7 Å². The fraction of sp³-hybridized carbons (Fsp3) is 0.800. The Morgan fingerprint density at radius 2 is 2.32 bits per heavy atom. The third-order valence-electron chi connectivity index (χ3n) is 4.56. The molecule has 4 nitrogen and oxygen atoms in total. The lowest BCUT2D eigenvalue weighted by Crippen LogP contribution is -2.42. The van der Waals surface area contributed by atoms with E-state index in [1.165, 1.54) is 69.8 Å². The van der Waals surface area contributed by atoms with Gasteiger partial charge in [-0.3, -0.25) is 5.10 Å². The molecule has 2 atom stereocenters. The van der Waals surface area contributed by atoms with Crippen molar-refractivity contribution < 1.29 is 0 Å². The van der Waals surface area contributed by atoms with Crippen LogP contribution in [0.1, 0.15) is 43.0 Å². The third-order valence-corrected chi connectivity index (χ3v) is 4.56. The van der Waals surface area contributed by atoms with Gasteiger partial charge in [-0.05, 0) is 64.2 Å². The van der Waals surface area contributed by atoms with Crippen LogP contribution in [0, 0.1) is 12.8 Å². The van der Waals surface area contributed by atoms with Crippen LogP contribution in [0.2, 0.25) is 0 Å². The van der Waals surface area contributed by atoms with Crippen LogP contribution in [0.5, 0.6) is 0 Å². The average Bonchev–Trinajstić information content (AvgIpc) is 2.87. The summed E-state index contributed by atoms with van der Waals surface area (Å²) >= 11 is 0. The van der Waals surface area contributed by atoms with E-state index in [2.05, 4.69) is 33.4 Å². The molecule has 0 aliphatic carbocycles. The second-order valence-corrected chi connectivity index (χ2v) is 6.29. The van der Waals surface area contributed by atoms with Crippen molar-refractivity contribution in [3.8, 4) is 0 Å². The number of aromatic amines is 1. The van der Waals surface area contributed by atoms with Gasteiger partial charge in [0.2, 0.25) is 0 Å². The number of H-pyrrole nitrogens is 1. The molecule has 3 heterocycles. The van der Waals surface area contributed by atoms with Gasteiger partial charge in [0.1, 0.15) is 0 Å². The molecule has 2 saturated heterocycles. The van der Waals surface area contributed by atoms with Gasteiger partial charge in [-0.1, -0.05) is 0 Å². The minimum Gasteiger partial charge on any atom is -0.316 e. The summed E-state index contributed by atoms with van der Waals surface area (Å²) in [5, 5.41) is 11.1. The van der Waals surface area contributed by atoms with Crippen molar-refractivity contribution in [1.82, 2.24) is 20.4 Å². The molecule has 2 unspecified atom stereocenters. The van der Waals surface area contributed by atoms with Gasteiger partial charge in [0, 0.05) is 24.7 Å². The molecule has 2 fully saturated rings. The zero-order valence-electron chi connectivity index (χ0n) is 12.0. The van der Waals surface area contributed by atoms with E-state index in [1.54, 1.807) is 0 Å². The summed E-state index contributed by atoms with van der Waals surface area (Å²) in [5.74, 6) is 1.49. The smallest absolute Gasteiger partial charge is 0.0668 e. The van der Waals surface area contributed by atoms with Crippen LogP contribution in [0.15, 0.2) is 6.07 Å². The van der Waals surface area contributed by atoms with Crippen LogP contribution in [0.25, 0.3) is 0 Å². The van der Waals surface area contributed by atoms with Crippen molar-refractivity contribution >= 4 is 0 Å². The van der Waals surface area contributed by atoms with Gasteiger partial charge in [0.15, 0.2) is 0 Å². The van der Waals surface area contributed by atoms with Crippen LogP contribution in [-0.2, 0) is 0 Å². The van der Waals surface area contributed by atoms with E-state index in [-0.39, 0.29) is 0 Å². The number of aryl methyl sites for hydroxylation is 1. The van der Waals surface area contributed by atoms with E-state index >= 15 is 0 Å². The van der Waals surface area contributed by atoms with Crippen molar-refractivity contribution in [3.63, 3.8) is 0 Å². The Hall–Kier alpha value is -0.870. The maximum atomic E-state index is 4.46. The van der Waals surface area contributed by atoms with Gasteiger partial charge in [-0.25, -0.2) is 0 Å². The maximum absolute atomic E-state index is 4.46. The number of likely N-dealkylation sites (tertiary alicyclic amines) is 1. The maximum Gasteiger partial charge on any atom is 0.0668 e. The first-order chi connectivity index (χ1) is 9.31. The molecule has 19 heavy (non-hydrogen) atoms. The zero-order chi connectivity index (χ0) is 13.1. The quantitative estimate of drug-likeness (QED) is 0.874. The lowest BCUT2D eigenvalue weighted by Gasteiger charge is -2.35. The van der Waals surface area contributed by atoms with E-state index in [0.29, 0.717) is 5.92 Å². The predicted octanol–water partition coefficient (Wildman–Crippen LogP) is 1.90. The number of piperidine rings is 2. The summed E-state index contributed by atoms with van der Waals surface area (Å²) in [7, 11) is 0. The first-order valence-corrected chi connectivity index (χ1v) is 7.76. The van der Waals surface area contributed by atoms with Gasteiger partial charge < -0.3 is 10.2 Å². The molecule has 2 aliphatic rings. The second-order valence-electron chi connectivity index (χ2n) is 6.29. The normalized spacial score (nSPS) is 29.5. The summed E-state index contributed by atoms with van der Waals surface area (Å²) in [6, 6.07) is 2.22. The largest absolute Gasteiger partial charge is 0.316 e. The molecule has 1 aromatic heterocycles. The van der Waals surface area contributed by atoms with E-state index in [9.17, 15) is 0 Å². The minimum atomic E-state index is 0.634. The van der Waals surface area contributed by atoms with Crippen LogP contribution in [0.3, 0.4) is 0 Å². The van der Waals surface area contributed by atoms with E-state index in [0.717, 1.165) is 5.92 Å². The summed E-state index contributed by atoms with van der Waals surface area (Å²) in [5.41, 5.74) is 2.45. The first kappa shape index (κ1) is 13.1. The van der Waals surface area contributed by atoms with Crippen LogP contribution in [0.4, 0.5) is 0 Å². The fourth-order valence-electron chi connectivity index (χ4n) is 3.56. The van der Waals surface area contributed by atoms with E-state index in [1.807, 2.05) is 0 Å². The first-order valence-electron chi connectivity index (χ1n) is 7.76. The summed E-state index contributed by atoms with van der Waals surface area (Å²) in [4.78, 5) is 2.66. The second kappa shape index (κ2) is 6.06. The summed E-state index contributed by atoms with van der Waals surface area (Å²) < 4.78 is 0. The minimum absolute atomic E-state index is 0.634. The molecule has 2 aliphatic heterocycles. The molecule has 3 rings (SSSR count). The number of aromatic nitrogens is 2. The molecule has 0 radical (unpaired) electrons. The highest BCUT2D eigenvalue weighted by Gasteiger charge is 2.25. The van der Waals surface area contributed by atoms with Crippen LogP contribution >= 0.6 is 0 Å². The monoisotopic (exact) mass is 262 g/mol. The Morgan fingerprint density at radius 3 is 3.05 bits per heavy atom. The Morgan fingerprint density at radius 1 is 1.37 bits per heavy atom. The fourth-order valence-corrected chi connectivity index (χ4v) is 3.56. The van der Waals surface area contributed by atoms with E-state index < -0.39 is 0 Å². The SMILES string of the molecule is Cc1cc(C2CCCN(CC3CCCNC3)C2)n[nH]1. The zero-order valence-corrected chi connectivity index (χ0v) is 12.0. The molecule has 4 heteroatoms. The molecular weight excluding hydrogens is 236 g/mol. The molecule has 0 amide bonds. The Bertz CT molecular complexity index is 395. The van der Waals surface area contributed by atoms with Gasteiger partial charge in [-0.15, -0.1) is 0 Å².